The molecule has 0 saturated carbocycles. The Bertz CT molecular complexity index is 170. The van der Waals surface area contributed by atoms with Crippen LogP contribution in [0.3, 0.4) is 0 Å². The van der Waals surface area contributed by atoms with E-state index in [0.29, 0.717) is 0 Å². The summed E-state index contributed by atoms with van der Waals surface area (Å²) in [6.07, 6.45) is 5.44. The minimum Gasteiger partial charge on any atom is -0.106 e. The van der Waals surface area contributed by atoms with Gasteiger partial charge in [-0.2, -0.15) is 0 Å². The van der Waals surface area contributed by atoms with Gasteiger partial charge in [0.1, 0.15) is 0 Å². The Balaban J connectivity index is -0.0000000507. The molecule has 0 aliphatic carbocycles. The Morgan fingerprint density at radius 2 is 1.06 bits per heavy atom. The highest BCUT2D eigenvalue weighted by molar-refractivity contribution is 5.42. The van der Waals surface area contributed by atoms with Crippen molar-refractivity contribution in [3.63, 3.8) is 0 Å². The predicted octanol–water partition coefficient (Wildman–Crippen LogP) is 6.74. The van der Waals surface area contributed by atoms with Gasteiger partial charge in [0.15, 0.2) is 0 Å². The molecule has 0 aromatic rings. The molecule has 0 heterocycles. The van der Waals surface area contributed by atoms with Crippen LogP contribution in [0.5, 0.6) is 0 Å². The average molecular weight is 238 g/mol. The highest BCUT2D eigenvalue weighted by Crippen LogP contribution is 2.07. The van der Waals surface area contributed by atoms with Crippen molar-refractivity contribution < 1.29 is 0 Å². The molecule has 0 unspecified atom stereocenters. The van der Waals surface area contributed by atoms with Gasteiger partial charge in [0.2, 0.25) is 0 Å². The van der Waals surface area contributed by atoms with E-state index in [2.05, 4.69) is 32.9 Å². The van der Waals surface area contributed by atoms with E-state index in [-0.39, 0.29) is 0 Å². The second-order valence-electron chi connectivity index (χ2n) is 1.68. The van der Waals surface area contributed by atoms with Gasteiger partial charge in [0.25, 0.3) is 0 Å². The second-order valence-corrected chi connectivity index (χ2v) is 1.68. The number of allylic oxidation sites excluding steroid dienone is 5. The summed E-state index contributed by atoms with van der Waals surface area (Å²) in [5.74, 6) is 0. The van der Waals surface area contributed by atoms with Crippen LogP contribution < -0.4 is 0 Å². The van der Waals surface area contributed by atoms with E-state index >= 15 is 0 Å². The summed E-state index contributed by atoms with van der Waals surface area (Å²) in [6, 6.07) is 0. The Morgan fingerprint density at radius 3 is 1.12 bits per heavy atom. The summed E-state index contributed by atoms with van der Waals surface area (Å²) in [6.45, 7) is 30.9. The van der Waals surface area contributed by atoms with Crippen LogP contribution in [0.25, 0.3) is 0 Å². The summed E-state index contributed by atoms with van der Waals surface area (Å²) < 4.78 is 0. The summed E-state index contributed by atoms with van der Waals surface area (Å²) in [4.78, 5) is 0. The monoisotopic (exact) mass is 238 g/mol. The molecular formula is C17H34. The van der Waals surface area contributed by atoms with Crippen LogP contribution in [0.15, 0.2) is 62.3 Å². The fourth-order valence-electron chi connectivity index (χ4n) is 0.552. The largest absolute Gasteiger partial charge is 0.106 e. The van der Waals surface area contributed by atoms with Crippen LogP contribution in [-0.4, -0.2) is 0 Å². The van der Waals surface area contributed by atoms with Crippen molar-refractivity contribution in [1.29, 1.82) is 0 Å². The van der Waals surface area contributed by atoms with Crippen molar-refractivity contribution in [2.45, 2.75) is 48.5 Å². The molecule has 0 heteroatoms. The maximum atomic E-state index is 3.76. The van der Waals surface area contributed by atoms with Gasteiger partial charge >= 0.3 is 0 Å². The topological polar surface area (TPSA) is 0 Å². The summed E-state index contributed by atoms with van der Waals surface area (Å²) in [5.41, 5.74) is 1.97. The minimum atomic E-state index is 0.924. The maximum Gasteiger partial charge on any atom is -0.0239 e. The molecular weight excluding hydrogens is 204 g/mol. The van der Waals surface area contributed by atoms with Crippen LogP contribution in [0.4, 0.5) is 0 Å². The zero-order chi connectivity index (χ0) is 15.3. The molecule has 0 atom stereocenters. The van der Waals surface area contributed by atoms with Crippen LogP contribution >= 0.6 is 0 Å². The lowest BCUT2D eigenvalue weighted by Gasteiger charge is -1.96. The molecule has 0 N–H and O–H groups in total. The van der Waals surface area contributed by atoms with E-state index in [1.807, 2.05) is 54.5 Å². The SMILES string of the molecule is C=C.C=CC(=C)/C(C=C)=C\C.CC.CC.CC. The van der Waals surface area contributed by atoms with Gasteiger partial charge in [-0.05, 0) is 18.1 Å². The Kier molecular flexibility index (Phi) is 81.1. The van der Waals surface area contributed by atoms with E-state index in [4.69, 9.17) is 0 Å². The van der Waals surface area contributed by atoms with E-state index in [1.165, 1.54) is 0 Å². The predicted molar refractivity (Wildman–Crippen MR) is 88.6 cm³/mol. The van der Waals surface area contributed by atoms with Crippen molar-refractivity contribution in [2.24, 2.45) is 0 Å². The zero-order valence-electron chi connectivity index (χ0n) is 13.3. The first-order valence-electron chi connectivity index (χ1n) is 6.36. The second kappa shape index (κ2) is 46.5. The van der Waals surface area contributed by atoms with Crippen molar-refractivity contribution >= 4 is 0 Å². The average Bonchev–Trinajstić information content (AvgIpc) is 2.48. The molecule has 0 amide bonds. The fourth-order valence-corrected chi connectivity index (χ4v) is 0.552. The summed E-state index contributed by atoms with van der Waals surface area (Å²) in [5, 5.41) is 0. The molecule has 0 nitrogen and oxygen atoms in total. The first-order valence-corrected chi connectivity index (χ1v) is 6.36. The van der Waals surface area contributed by atoms with E-state index < -0.39 is 0 Å². The van der Waals surface area contributed by atoms with Gasteiger partial charge in [-0.1, -0.05) is 79.5 Å². The van der Waals surface area contributed by atoms with Crippen LogP contribution in [0.2, 0.25) is 0 Å². The summed E-state index contributed by atoms with van der Waals surface area (Å²) >= 11 is 0. The Labute approximate surface area is 111 Å². The molecule has 0 spiro atoms. The van der Waals surface area contributed by atoms with Gasteiger partial charge in [0.05, 0.1) is 0 Å². The summed E-state index contributed by atoms with van der Waals surface area (Å²) in [7, 11) is 0. The molecule has 0 aliphatic heterocycles. The van der Waals surface area contributed by atoms with Gasteiger partial charge < -0.3 is 0 Å². The molecule has 102 valence electrons. The van der Waals surface area contributed by atoms with Crippen molar-refractivity contribution in [2.75, 3.05) is 0 Å². The highest BCUT2D eigenvalue weighted by atomic mass is 13.9. The van der Waals surface area contributed by atoms with Crippen LogP contribution in [0.1, 0.15) is 48.5 Å². The third-order valence-electron chi connectivity index (χ3n) is 1.15. The smallest absolute Gasteiger partial charge is 0.0239 e. The first kappa shape index (κ1) is 29.6. The molecule has 0 aromatic heterocycles. The molecule has 0 radical (unpaired) electrons. The van der Waals surface area contributed by atoms with Gasteiger partial charge in [-0.3, -0.25) is 0 Å². The standard InChI is InChI=1S/C9H12.3C2H6.C2H4/c1-5-8(4)9(6-2)7-3;4*1-2/h5-7H,1-2,4H2,3H3;3*1-2H3;1-2H2/b9-7-;;;;. The lowest BCUT2D eigenvalue weighted by atomic mass is 10.1. The fraction of sp³-hybridized carbons (Fsp3) is 0.412. The zero-order valence-corrected chi connectivity index (χ0v) is 13.3. The van der Waals surface area contributed by atoms with E-state index in [1.54, 1.807) is 12.2 Å². The molecule has 0 aromatic carbocycles. The first-order chi connectivity index (χ1) is 8.26. The molecule has 0 rings (SSSR count). The Hall–Kier alpha value is -1.30. The Morgan fingerprint density at radius 1 is 0.765 bits per heavy atom. The lowest BCUT2D eigenvalue weighted by molar-refractivity contribution is 1.50. The highest BCUT2D eigenvalue weighted by Gasteiger charge is 1.88. The van der Waals surface area contributed by atoms with Crippen LogP contribution in [-0.2, 0) is 0 Å². The van der Waals surface area contributed by atoms with Crippen molar-refractivity contribution in [3.05, 3.63) is 62.3 Å². The van der Waals surface area contributed by atoms with Crippen molar-refractivity contribution in [1.82, 2.24) is 0 Å². The van der Waals surface area contributed by atoms with E-state index in [9.17, 15) is 0 Å². The number of rotatable bonds is 3. The van der Waals surface area contributed by atoms with Gasteiger partial charge in [-0.25, -0.2) is 0 Å². The van der Waals surface area contributed by atoms with Gasteiger partial charge in [0, 0.05) is 0 Å². The molecule has 17 heavy (non-hydrogen) atoms. The minimum absolute atomic E-state index is 0.924. The lowest BCUT2D eigenvalue weighted by Crippen LogP contribution is -1.76. The van der Waals surface area contributed by atoms with Crippen molar-refractivity contribution in [3.8, 4) is 0 Å². The third kappa shape index (κ3) is 31.3. The quantitative estimate of drug-likeness (QED) is 0.377. The van der Waals surface area contributed by atoms with E-state index in [0.717, 1.165) is 11.1 Å². The van der Waals surface area contributed by atoms with Gasteiger partial charge in [-0.15, -0.1) is 13.2 Å². The van der Waals surface area contributed by atoms with Crippen LogP contribution in [0, 0.1) is 0 Å². The molecule has 0 aliphatic rings. The molecule has 0 bridgehead atoms. The molecule has 0 fully saturated rings. The maximum absolute atomic E-state index is 3.76. The third-order valence-corrected chi connectivity index (χ3v) is 1.15. The normalized spacial score (nSPS) is 6.88. The number of hydrogen-bond donors (Lipinski definition) is 0. The number of hydrogen-bond acceptors (Lipinski definition) is 0. The molecule has 0 saturated heterocycles.